The summed E-state index contributed by atoms with van der Waals surface area (Å²) in [5, 5.41) is 1.95. The maximum absolute atomic E-state index is 11.7. The Hall–Kier alpha value is -1.33. The van der Waals surface area contributed by atoms with Crippen molar-refractivity contribution < 1.29 is 9.53 Å². The number of carbonyl (C=O) groups excluding carboxylic acids is 1. The molecule has 1 aromatic carbocycles. The molecular weight excluding hydrogens is 314 g/mol. The van der Waals surface area contributed by atoms with E-state index in [1.807, 2.05) is 23.6 Å². The van der Waals surface area contributed by atoms with E-state index in [2.05, 4.69) is 15.9 Å². The fraction of sp³-hybridized carbons (Fsp3) is 0.154. The van der Waals surface area contributed by atoms with Gasteiger partial charge < -0.3 is 10.5 Å². The molecule has 0 fully saturated rings. The number of esters is 1. The van der Waals surface area contributed by atoms with Crippen molar-refractivity contribution in [3.63, 3.8) is 0 Å². The Morgan fingerprint density at radius 2 is 2.22 bits per heavy atom. The predicted molar refractivity (Wildman–Crippen MR) is 76.4 cm³/mol. The zero-order valence-electron chi connectivity index (χ0n) is 9.56. The third-order valence-corrected chi connectivity index (χ3v) is 4.25. The summed E-state index contributed by atoms with van der Waals surface area (Å²) in [5.74, 6) is -0.249. The number of nitrogen functional groups attached to an aromatic ring is 1. The van der Waals surface area contributed by atoms with Gasteiger partial charge in [0.25, 0.3) is 0 Å². The van der Waals surface area contributed by atoms with Gasteiger partial charge in [-0.3, -0.25) is 4.79 Å². The lowest BCUT2D eigenvalue weighted by Gasteiger charge is -2.04. The minimum Gasteiger partial charge on any atom is -0.460 e. The zero-order chi connectivity index (χ0) is 13.0. The molecule has 2 rings (SSSR count). The van der Waals surface area contributed by atoms with Crippen LogP contribution in [0.5, 0.6) is 0 Å². The fourth-order valence-corrected chi connectivity index (χ4v) is 2.87. The first-order chi connectivity index (χ1) is 8.65. The molecule has 1 heterocycles. The number of thiophene rings is 1. The van der Waals surface area contributed by atoms with Crippen molar-refractivity contribution >= 4 is 38.9 Å². The van der Waals surface area contributed by atoms with E-state index in [-0.39, 0.29) is 12.4 Å². The summed E-state index contributed by atoms with van der Waals surface area (Å²) < 4.78 is 6.19. The number of hydrogen-bond donors (Lipinski definition) is 1. The van der Waals surface area contributed by atoms with Gasteiger partial charge in [0.05, 0.1) is 11.3 Å². The third-order valence-electron chi connectivity index (χ3n) is 2.35. The van der Waals surface area contributed by atoms with Crippen LogP contribution in [0.2, 0.25) is 0 Å². The summed E-state index contributed by atoms with van der Waals surface area (Å²) in [4.78, 5) is 12.7. The molecule has 18 heavy (non-hydrogen) atoms. The van der Waals surface area contributed by atoms with Crippen LogP contribution in [0.1, 0.15) is 10.4 Å². The van der Waals surface area contributed by atoms with Crippen molar-refractivity contribution in [1.82, 2.24) is 0 Å². The summed E-state index contributed by atoms with van der Waals surface area (Å²) in [5.41, 5.74) is 7.17. The smallest absolute Gasteiger partial charge is 0.310 e. The van der Waals surface area contributed by atoms with Gasteiger partial charge in [-0.15, -0.1) is 11.3 Å². The molecule has 0 unspecified atom stereocenters. The number of ether oxygens (including phenoxy) is 1. The van der Waals surface area contributed by atoms with E-state index in [4.69, 9.17) is 10.5 Å². The maximum Gasteiger partial charge on any atom is 0.310 e. The van der Waals surface area contributed by atoms with Crippen LogP contribution >= 0.6 is 27.3 Å². The highest BCUT2D eigenvalue weighted by molar-refractivity contribution is 9.10. The molecule has 2 aromatic rings. The van der Waals surface area contributed by atoms with Crippen molar-refractivity contribution in [1.29, 1.82) is 0 Å². The van der Waals surface area contributed by atoms with Crippen LogP contribution in [-0.2, 0) is 22.6 Å². The summed E-state index contributed by atoms with van der Waals surface area (Å²) in [7, 11) is 0. The molecule has 0 amide bonds. The normalized spacial score (nSPS) is 10.3. The fourth-order valence-electron chi connectivity index (χ4n) is 1.49. The van der Waals surface area contributed by atoms with Crippen molar-refractivity contribution in [3.05, 3.63) is 50.6 Å². The van der Waals surface area contributed by atoms with Gasteiger partial charge in [0.2, 0.25) is 0 Å². The second-order valence-corrected chi connectivity index (χ2v) is 5.63. The second kappa shape index (κ2) is 6.02. The highest BCUT2D eigenvalue weighted by Crippen LogP contribution is 2.23. The van der Waals surface area contributed by atoms with E-state index in [0.717, 1.165) is 14.9 Å². The molecule has 0 spiro atoms. The molecule has 94 valence electrons. The van der Waals surface area contributed by atoms with Crippen molar-refractivity contribution in [3.8, 4) is 0 Å². The number of carbonyl (C=O) groups is 1. The molecule has 0 atom stereocenters. The molecule has 0 radical (unpaired) electrons. The van der Waals surface area contributed by atoms with Gasteiger partial charge in [-0.25, -0.2) is 0 Å². The Morgan fingerprint density at radius 1 is 1.39 bits per heavy atom. The van der Waals surface area contributed by atoms with Crippen LogP contribution in [0.3, 0.4) is 0 Å². The first-order valence-electron chi connectivity index (χ1n) is 5.37. The average molecular weight is 326 g/mol. The van der Waals surface area contributed by atoms with E-state index in [1.54, 1.807) is 23.5 Å². The molecule has 0 saturated heterocycles. The number of anilines is 1. The number of nitrogens with two attached hydrogens (primary N) is 1. The summed E-state index contributed by atoms with van der Waals surface area (Å²) >= 11 is 4.95. The van der Waals surface area contributed by atoms with E-state index in [0.29, 0.717) is 12.3 Å². The van der Waals surface area contributed by atoms with Gasteiger partial charge in [0.1, 0.15) is 6.61 Å². The SMILES string of the molecule is Nc1cccc(CC(=O)OCc2sccc2Br)c1. The topological polar surface area (TPSA) is 52.3 Å². The van der Waals surface area contributed by atoms with Crippen LogP contribution in [0.15, 0.2) is 40.2 Å². The van der Waals surface area contributed by atoms with Gasteiger partial charge in [0, 0.05) is 10.2 Å². The minimum absolute atomic E-state index is 0.244. The van der Waals surface area contributed by atoms with Crippen molar-refractivity contribution in [2.24, 2.45) is 0 Å². The van der Waals surface area contributed by atoms with Crippen molar-refractivity contribution in [2.45, 2.75) is 13.0 Å². The van der Waals surface area contributed by atoms with E-state index in [1.165, 1.54) is 0 Å². The highest BCUT2D eigenvalue weighted by Gasteiger charge is 2.08. The third kappa shape index (κ3) is 3.58. The van der Waals surface area contributed by atoms with Crippen LogP contribution in [0, 0.1) is 0 Å². The zero-order valence-corrected chi connectivity index (χ0v) is 12.0. The number of hydrogen-bond acceptors (Lipinski definition) is 4. The Balaban J connectivity index is 1.88. The first kappa shape index (κ1) is 13.1. The molecule has 0 aliphatic rings. The van der Waals surface area contributed by atoms with Gasteiger partial charge in [0.15, 0.2) is 0 Å². The van der Waals surface area contributed by atoms with Gasteiger partial charge >= 0.3 is 5.97 Å². The molecular formula is C13H12BrNO2S. The predicted octanol–water partition coefficient (Wildman–Crippen LogP) is 3.38. The lowest BCUT2D eigenvalue weighted by molar-refractivity contribution is -0.144. The molecule has 2 N–H and O–H groups in total. The standard InChI is InChI=1S/C13H12BrNO2S/c14-11-4-5-18-12(11)8-17-13(16)7-9-2-1-3-10(15)6-9/h1-6H,7-8,15H2. The van der Waals surface area contributed by atoms with E-state index in [9.17, 15) is 4.79 Å². The Labute approximate surface area is 118 Å². The van der Waals surface area contributed by atoms with Crippen LogP contribution in [0.4, 0.5) is 5.69 Å². The molecule has 1 aromatic heterocycles. The monoisotopic (exact) mass is 325 g/mol. The minimum atomic E-state index is -0.249. The summed E-state index contributed by atoms with van der Waals surface area (Å²) in [6, 6.07) is 9.19. The van der Waals surface area contributed by atoms with Crippen molar-refractivity contribution in [2.75, 3.05) is 5.73 Å². The molecule has 0 aliphatic carbocycles. The largest absolute Gasteiger partial charge is 0.460 e. The van der Waals surface area contributed by atoms with Gasteiger partial charge in [-0.2, -0.15) is 0 Å². The molecule has 3 nitrogen and oxygen atoms in total. The summed E-state index contributed by atoms with van der Waals surface area (Å²) in [6.45, 7) is 0.305. The van der Waals surface area contributed by atoms with Crippen LogP contribution in [0.25, 0.3) is 0 Å². The van der Waals surface area contributed by atoms with E-state index < -0.39 is 0 Å². The molecule has 0 aliphatic heterocycles. The lowest BCUT2D eigenvalue weighted by Crippen LogP contribution is -2.07. The maximum atomic E-state index is 11.7. The van der Waals surface area contributed by atoms with Gasteiger partial charge in [-0.05, 0) is 45.1 Å². The average Bonchev–Trinajstić information content (AvgIpc) is 2.72. The number of halogens is 1. The Bertz CT molecular complexity index is 553. The number of rotatable bonds is 4. The van der Waals surface area contributed by atoms with E-state index >= 15 is 0 Å². The summed E-state index contributed by atoms with van der Waals surface area (Å²) in [6.07, 6.45) is 0.244. The Kier molecular flexibility index (Phi) is 4.38. The van der Waals surface area contributed by atoms with Crippen LogP contribution < -0.4 is 5.73 Å². The Morgan fingerprint density at radius 3 is 2.89 bits per heavy atom. The lowest BCUT2D eigenvalue weighted by atomic mass is 10.1. The quantitative estimate of drug-likeness (QED) is 0.692. The second-order valence-electron chi connectivity index (χ2n) is 3.77. The highest BCUT2D eigenvalue weighted by atomic mass is 79.9. The first-order valence-corrected chi connectivity index (χ1v) is 7.04. The molecule has 0 bridgehead atoms. The molecule has 0 saturated carbocycles. The molecule has 5 heteroatoms. The van der Waals surface area contributed by atoms with Gasteiger partial charge in [-0.1, -0.05) is 12.1 Å². The van der Waals surface area contributed by atoms with Crippen LogP contribution in [-0.4, -0.2) is 5.97 Å². The number of benzene rings is 1.